The standard InChI is InChI=1S/C35H37N5O5/c1-24(42)27-5-3-8-30(20-27)38-33(43)28-6-2-7-29(19-28)34-44-31(21-32(45-34)26-11-9-25(23-41)10-12-26)22-39-15-17-40(18-16-39)35-36-13-4-14-37-35/h2-14,19-20,31-32,34,41H,15-18,21-23H2,1H3,(H,38,43)/t31-,32+,34?/m0/s1. The Hall–Kier alpha value is -4.48. The summed E-state index contributed by atoms with van der Waals surface area (Å²) < 4.78 is 13.1. The van der Waals surface area contributed by atoms with Crippen LogP contribution in [0.15, 0.2) is 91.3 Å². The molecule has 2 aliphatic rings. The Morgan fingerprint density at radius 2 is 1.60 bits per heavy atom. The number of carbonyl (C=O) groups excluding carboxylic acids is 2. The summed E-state index contributed by atoms with van der Waals surface area (Å²) in [5, 5.41) is 12.4. The third kappa shape index (κ3) is 7.61. The minimum atomic E-state index is -0.681. The number of ether oxygens (including phenoxy) is 2. The highest BCUT2D eigenvalue weighted by atomic mass is 16.7. The lowest BCUT2D eigenvalue weighted by Crippen LogP contribution is -2.50. The second-order valence-electron chi connectivity index (χ2n) is 11.4. The van der Waals surface area contributed by atoms with Crippen LogP contribution in [0, 0.1) is 0 Å². The summed E-state index contributed by atoms with van der Waals surface area (Å²) in [6, 6.07) is 23.8. The number of piperazine rings is 1. The van der Waals surface area contributed by atoms with Crippen molar-refractivity contribution in [2.24, 2.45) is 0 Å². The number of aliphatic hydroxyl groups excluding tert-OH is 1. The number of hydrogen-bond donors (Lipinski definition) is 2. The maximum atomic E-state index is 13.2. The molecule has 1 aromatic heterocycles. The number of aliphatic hydroxyl groups is 1. The number of hydrogen-bond acceptors (Lipinski definition) is 9. The van der Waals surface area contributed by atoms with Crippen LogP contribution in [-0.4, -0.2) is 70.5 Å². The molecular weight excluding hydrogens is 570 g/mol. The second kappa shape index (κ2) is 14.1. The molecule has 10 nitrogen and oxygen atoms in total. The number of aromatic nitrogens is 2. The molecule has 6 rings (SSSR count). The molecule has 2 saturated heterocycles. The fourth-order valence-corrected chi connectivity index (χ4v) is 5.75. The Morgan fingerprint density at radius 3 is 2.33 bits per heavy atom. The molecule has 1 unspecified atom stereocenters. The number of nitrogens with zero attached hydrogens (tertiary/aromatic N) is 4. The quantitative estimate of drug-likeness (QED) is 0.259. The first kappa shape index (κ1) is 30.5. The van der Waals surface area contributed by atoms with Crippen LogP contribution < -0.4 is 10.2 Å². The van der Waals surface area contributed by atoms with E-state index in [0.717, 1.165) is 55.4 Å². The molecule has 10 heteroatoms. The predicted molar refractivity (Wildman–Crippen MR) is 170 cm³/mol. The lowest BCUT2D eigenvalue weighted by Gasteiger charge is -2.40. The Labute approximate surface area is 262 Å². The fourth-order valence-electron chi connectivity index (χ4n) is 5.75. The molecule has 3 atom stereocenters. The zero-order chi connectivity index (χ0) is 31.2. The van der Waals surface area contributed by atoms with Crippen molar-refractivity contribution in [2.45, 2.75) is 38.4 Å². The summed E-state index contributed by atoms with van der Waals surface area (Å²) in [5.74, 6) is 0.393. The number of rotatable bonds is 9. The van der Waals surface area contributed by atoms with Crippen LogP contribution >= 0.6 is 0 Å². The minimum absolute atomic E-state index is 0.0198. The maximum absolute atomic E-state index is 13.2. The van der Waals surface area contributed by atoms with Crippen LogP contribution in [0.3, 0.4) is 0 Å². The minimum Gasteiger partial charge on any atom is -0.392 e. The molecule has 3 aromatic carbocycles. The van der Waals surface area contributed by atoms with Gasteiger partial charge in [0.05, 0.1) is 18.8 Å². The Balaban J connectivity index is 1.18. The molecule has 0 radical (unpaired) electrons. The van der Waals surface area contributed by atoms with Crippen molar-refractivity contribution in [1.82, 2.24) is 14.9 Å². The summed E-state index contributed by atoms with van der Waals surface area (Å²) >= 11 is 0. The van der Waals surface area contributed by atoms with Crippen molar-refractivity contribution >= 4 is 23.3 Å². The van der Waals surface area contributed by atoms with E-state index in [2.05, 4.69) is 25.1 Å². The van der Waals surface area contributed by atoms with Gasteiger partial charge in [-0.2, -0.15) is 0 Å². The first-order valence-corrected chi connectivity index (χ1v) is 15.2. The van der Waals surface area contributed by atoms with E-state index in [1.165, 1.54) is 6.92 Å². The molecule has 4 aromatic rings. The molecule has 2 N–H and O–H groups in total. The van der Waals surface area contributed by atoms with Gasteiger partial charge in [-0.3, -0.25) is 14.5 Å². The van der Waals surface area contributed by atoms with Gasteiger partial charge in [-0.15, -0.1) is 0 Å². The zero-order valence-electron chi connectivity index (χ0n) is 25.2. The summed E-state index contributed by atoms with van der Waals surface area (Å²) in [6.45, 7) is 5.59. The SMILES string of the molecule is CC(=O)c1cccc(NC(=O)c2cccc(C3O[C@H](CN4CCN(c5ncccn5)CC4)C[C@H](c4ccc(CO)cc4)O3)c2)c1. The van der Waals surface area contributed by atoms with Crippen molar-refractivity contribution in [1.29, 1.82) is 0 Å². The summed E-state index contributed by atoms with van der Waals surface area (Å²) in [4.78, 5) is 38.4. The van der Waals surface area contributed by atoms with E-state index in [-0.39, 0.29) is 30.5 Å². The average Bonchev–Trinajstić information content (AvgIpc) is 3.09. The molecule has 0 aliphatic carbocycles. The summed E-state index contributed by atoms with van der Waals surface area (Å²) in [7, 11) is 0. The lowest BCUT2D eigenvalue weighted by atomic mass is 9.99. The van der Waals surface area contributed by atoms with Crippen molar-refractivity contribution in [3.05, 3.63) is 119 Å². The molecule has 1 amide bonds. The van der Waals surface area contributed by atoms with Gasteiger partial charge in [0, 0.05) is 73.9 Å². The Bertz CT molecular complexity index is 1610. The van der Waals surface area contributed by atoms with Crippen LogP contribution in [0.5, 0.6) is 0 Å². The molecular formula is C35H37N5O5. The monoisotopic (exact) mass is 607 g/mol. The molecule has 0 saturated carbocycles. The van der Waals surface area contributed by atoms with Crippen LogP contribution in [0.2, 0.25) is 0 Å². The number of carbonyl (C=O) groups is 2. The molecule has 232 valence electrons. The van der Waals surface area contributed by atoms with Gasteiger partial charge in [-0.1, -0.05) is 48.5 Å². The van der Waals surface area contributed by atoms with Gasteiger partial charge in [-0.05, 0) is 48.4 Å². The lowest BCUT2D eigenvalue weighted by molar-refractivity contribution is -0.253. The molecule has 45 heavy (non-hydrogen) atoms. The van der Waals surface area contributed by atoms with Gasteiger partial charge in [-0.25, -0.2) is 9.97 Å². The number of benzene rings is 3. The van der Waals surface area contributed by atoms with Gasteiger partial charge >= 0.3 is 0 Å². The smallest absolute Gasteiger partial charge is 0.255 e. The van der Waals surface area contributed by atoms with E-state index in [1.807, 2.05) is 42.5 Å². The predicted octanol–water partition coefficient (Wildman–Crippen LogP) is 4.79. The average molecular weight is 608 g/mol. The fraction of sp³-hybridized carbons (Fsp3) is 0.314. The van der Waals surface area contributed by atoms with Crippen LogP contribution in [0.25, 0.3) is 0 Å². The highest BCUT2D eigenvalue weighted by Gasteiger charge is 2.34. The van der Waals surface area contributed by atoms with Crippen LogP contribution in [0.1, 0.15) is 63.1 Å². The zero-order valence-corrected chi connectivity index (χ0v) is 25.2. The molecule has 0 bridgehead atoms. The van der Waals surface area contributed by atoms with Gasteiger partial charge in [0.1, 0.15) is 0 Å². The molecule has 2 aliphatic heterocycles. The number of Topliss-reactive ketones (excluding diaryl/α,β-unsaturated/α-hetero) is 1. The second-order valence-corrected chi connectivity index (χ2v) is 11.4. The van der Waals surface area contributed by atoms with E-state index < -0.39 is 6.29 Å². The van der Waals surface area contributed by atoms with Crippen molar-refractivity contribution < 1.29 is 24.2 Å². The van der Waals surface area contributed by atoms with Crippen LogP contribution in [-0.2, 0) is 16.1 Å². The number of ketones is 1. The third-order valence-corrected chi connectivity index (χ3v) is 8.23. The van der Waals surface area contributed by atoms with Crippen molar-refractivity contribution in [3.63, 3.8) is 0 Å². The van der Waals surface area contributed by atoms with E-state index in [9.17, 15) is 14.7 Å². The first-order valence-electron chi connectivity index (χ1n) is 15.2. The van der Waals surface area contributed by atoms with E-state index >= 15 is 0 Å². The normalized spacial score (nSPS) is 20.5. The van der Waals surface area contributed by atoms with E-state index in [4.69, 9.17) is 9.47 Å². The van der Waals surface area contributed by atoms with E-state index in [0.29, 0.717) is 23.2 Å². The largest absolute Gasteiger partial charge is 0.392 e. The summed E-state index contributed by atoms with van der Waals surface area (Å²) in [5.41, 5.74) is 4.13. The Kier molecular flexibility index (Phi) is 9.56. The highest BCUT2D eigenvalue weighted by molar-refractivity contribution is 6.05. The van der Waals surface area contributed by atoms with Gasteiger partial charge in [0.15, 0.2) is 12.1 Å². The number of amides is 1. The highest BCUT2D eigenvalue weighted by Crippen LogP contribution is 2.38. The van der Waals surface area contributed by atoms with Gasteiger partial charge < -0.3 is 24.8 Å². The van der Waals surface area contributed by atoms with Crippen LogP contribution in [0.4, 0.5) is 11.6 Å². The molecule has 0 spiro atoms. The molecule has 2 fully saturated rings. The van der Waals surface area contributed by atoms with E-state index in [1.54, 1.807) is 48.8 Å². The number of nitrogens with one attached hydrogen (secondary N) is 1. The Morgan fingerprint density at radius 1 is 0.867 bits per heavy atom. The molecule has 3 heterocycles. The van der Waals surface area contributed by atoms with Crippen molar-refractivity contribution in [2.75, 3.05) is 42.9 Å². The number of anilines is 2. The first-order chi connectivity index (χ1) is 21.9. The summed E-state index contributed by atoms with van der Waals surface area (Å²) in [6.07, 6.45) is 3.18. The third-order valence-electron chi connectivity index (χ3n) is 8.23. The maximum Gasteiger partial charge on any atom is 0.255 e. The van der Waals surface area contributed by atoms with Crippen molar-refractivity contribution in [3.8, 4) is 0 Å². The van der Waals surface area contributed by atoms with Gasteiger partial charge in [0.25, 0.3) is 5.91 Å². The van der Waals surface area contributed by atoms with Gasteiger partial charge in [0.2, 0.25) is 5.95 Å². The topological polar surface area (TPSA) is 117 Å².